The zero-order valence-corrected chi connectivity index (χ0v) is 13.1. The number of nitrogens with zero attached hydrogens (tertiary/aromatic N) is 2. The maximum absolute atomic E-state index is 11.2. The lowest BCUT2D eigenvalue weighted by Gasteiger charge is -2.14. The Morgan fingerprint density at radius 3 is 2.64 bits per heavy atom. The monoisotopic (exact) mass is 301 g/mol. The van der Waals surface area contributed by atoms with Crippen molar-refractivity contribution in [3.05, 3.63) is 48.3 Å². The zero-order chi connectivity index (χ0) is 15.9. The summed E-state index contributed by atoms with van der Waals surface area (Å²) in [6.07, 6.45) is 2.59. The molecular weight excluding hydrogens is 278 g/mol. The molecule has 2 aromatic rings. The predicted molar refractivity (Wildman–Crippen MR) is 85.9 cm³/mol. The molecule has 1 atom stereocenters. The highest BCUT2D eigenvalue weighted by molar-refractivity contribution is 5.70. The molecule has 5 nitrogen and oxygen atoms in total. The summed E-state index contributed by atoms with van der Waals surface area (Å²) in [6.45, 7) is 5.11. The number of carboxylic acids is 1. The summed E-state index contributed by atoms with van der Waals surface area (Å²) in [5, 5.41) is 16.9. The van der Waals surface area contributed by atoms with Crippen LogP contribution in [-0.2, 0) is 11.3 Å². The molecule has 1 heterocycles. The summed E-state index contributed by atoms with van der Waals surface area (Å²) in [5.74, 6) is -0.715. The summed E-state index contributed by atoms with van der Waals surface area (Å²) in [6, 6.07) is 11.8. The van der Waals surface area contributed by atoms with Gasteiger partial charge in [-0.25, -0.2) is 4.68 Å². The molecule has 1 unspecified atom stereocenters. The van der Waals surface area contributed by atoms with Crippen molar-refractivity contribution in [3.8, 4) is 5.69 Å². The molecule has 0 aliphatic carbocycles. The number of carboxylic acid groups (broad SMARTS) is 1. The van der Waals surface area contributed by atoms with Gasteiger partial charge in [0.2, 0.25) is 0 Å². The average molecular weight is 301 g/mol. The second-order valence-corrected chi connectivity index (χ2v) is 5.88. The predicted octanol–water partition coefficient (Wildman–Crippen LogP) is 2.71. The largest absolute Gasteiger partial charge is 0.481 e. The molecule has 2 rings (SSSR count). The first-order chi connectivity index (χ1) is 10.6. The van der Waals surface area contributed by atoms with Crippen LogP contribution in [0.3, 0.4) is 0 Å². The first kappa shape index (κ1) is 16.2. The van der Waals surface area contributed by atoms with E-state index in [0.29, 0.717) is 25.4 Å². The molecule has 0 radical (unpaired) electrons. The van der Waals surface area contributed by atoms with Crippen LogP contribution in [0.4, 0.5) is 0 Å². The lowest BCUT2D eigenvalue weighted by Crippen LogP contribution is -2.29. The highest BCUT2D eigenvalue weighted by Gasteiger charge is 2.18. The summed E-state index contributed by atoms with van der Waals surface area (Å²) in [4.78, 5) is 11.2. The molecule has 0 saturated heterocycles. The normalized spacial score (nSPS) is 12.5. The van der Waals surface area contributed by atoms with Crippen LogP contribution in [-0.4, -0.2) is 27.4 Å². The Morgan fingerprint density at radius 2 is 2.00 bits per heavy atom. The molecule has 1 aromatic heterocycles. The second kappa shape index (κ2) is 7.75. The SMILES string of the molecule is CC(C)CC(CNCc1ccn(-c2ccccc2)n1)C(=O)O. The number of aromatic nitrogens is 2. The minimum Gasteiger partial charge on any atom is -0.481 e. The smallest absolute Gasteiger partial charge is 0.307 e. The maximum Gasteiger partial charge on any atom is 0.307 e. The van der Waals surface area contributed by atoms with Crippen LogP contribution in [0, 0.1) is 11.8 Å². The van der Waals surface area contributed by atoms with Crippen molar-refractivity contribution in [2.45, 2.75) is 26.8 Å². The molecule has 0 saturated carbocycles. The highest BCUT2D eigenvalue weighted by atomic mass is 16.4. The van der Waals surface area contributed by atoms with Crippen molar-refractivity contribution in [2.24, 2.45) is 11.8 Å². The Hall–Kier alpha value is -2.14. The first-order valence-electron chi connectivity index (χ1n) is 7.59. The van der Waals surface area contributed by atoms with Crippen LogP contribution < -0.4 is 5.32 Å². The fraction of sp³-hybridized carbons (Fsp3) is 0.412. The second-order valence-electron chi connectivity index (χ2n) is 5.88. The van der Waals surface area contributed by atoms with Crippen molar-refractivity contribution in [1.82, 2.24) is 15.1 Å². The van der Waals surface area contributed by atoms with E-state index in [1.54, 1.807) is 0 Å². The van der Waals surface area contributed by atoms with Crippen LogP contribution in [0.15, 0.2) is 42.6 Å². The zero-order valence-electron chi connectivity index (χ0n) is 13.1. The number of rotatable bonds is 8. The van der Waals surface area contributed by atoms with Gasteiger partial charge < -0.3 is 10.4 Å². The van der Waals surface area contributed by atoms with E-state index in [0.717, 1.165) is 11.4 Å². The van der Waals surface area contributed by atoms with Crippen molar-refractivity contribution in [1.29, 1.82) is 0 Å². The van der Waals surface area contributed by atoms with Gasteiger partial charge in [0.1, 0.15) is 0 Å². The average Bonchev–Trinajstić information content (AvgIpc) is 2.95. The molecule has 0 bridgehead atoms. The third kappa shape index (κ3) is 4.70. The van der Waals surface area contributed by atoms with Gasteiger partial charge in [0.05, 0.1) is 17.3 Å². The molecule has 5 heteroatoms. The number of hydrogen-bond acceptors (Lipinski definition) is 3. The van der Waals surface area contributed by atoms with Gasteiger partial charge in [-0.05, 0) is 30.5 Å². The van der Waals surface area contributed by atoms with E-state index in [1.165, 1.54) is 0 Å². The summed E-state index contributed by atoms with van der Waals surface area (Å²) in [7, 11) is 0. The summed E-state index contributed by atoms with van der Waals surface area (Å²) in [5.41, 5.74) is 1.91. The van der Waals surface area contributed by atoms with Crippen molar-refractivity contribution >= 4 is 5.97 Å². The minimum atomic E-state index is -0.740. The quantitative estimate of drug-likeness (QED) is 0.786. The van der Waals surface area contributed by atoms with Gasteiger partial charge >= 0.3 is 5.97 Å². The van der Waals surface area contributed by atoms with Crippen LogP contribution in [0.2, 0.25) is 0 Å². The van der Waals surface area contributed by atoms with E-state index in [-0.39, 0.29) is 5.92 Å². The van der Waals surface area contributed by atoms with Crippen molar-refractivity contribution in [3.63, 3.8) is 0 Å². The molecule has 118 valence electrons. The van der Waals surface area contributed by atoms with Gasteiger partial charge in [0, 0.05) is 19.3 Å². The lowest BCUT2D eigenvalue weighted by atomic mass is 9.97. The van der Waals surface area contributed by atoms with Crippen LogP contribution in [0.5, 0.6) is 0 Å². The Kier molecular flexibility index (Phi) is 5.72. The van der Waals surface area contributed by atoms with Crippen molar-refractivity contribution < 1.29 is 9.90 Å². The number of hydrogen-bond donors (Lipinski definition) is 2. The van der Waals surface area contributed by atoms with Gasteiger partial charge in [-0.2, -0.15) is 5.10 Å². The summed E-state index contributed by atoms with van der Waals surface area (Å²) < 4.78 is 1.82. The maximum atomic E-state index is 11.2. The Balaban J connectivity index is 1.87. The number of carbonyl (C=O) groups is 1. The number of para-hydroxylation sites is 1. The topological polar surface area (TPSA) is 67.2 Å². The van der Waals surface area contributed by atoms with E-state index in [1.807, 2.05) is 61.1 Å². The molecule has 2 N–H and O–H groups in total. The third-order valence-corrected chi connectivity index (χ3v) is 3.47. The van der Waals surface area contributed by atoms with Crippen LogP contribution in [0.1, 0.15) is 26.0 Å². The molecule has 0 fully saturated rings. The molecule has 0 aliphatic heterocycles. The third-order valence-electron chi connectivity index (χ3n) is 3.47. The van der Waals surface area contributed by atoms with Gasteiger partial charge in [0.25, 0.3) is 0 Å². The van der Waals surface area contributed by atoms with Gasteiger partial charge in [0.15, 0.2) is 0 Å². The molecule has 0 spiro atoms. The van der Waals surface area contributed by atoms with Gasteiger partial charge in [-0.1, -0.05) is 32.0 Å². The van der Waals surface area contributed by atoms with E-state index in [9.17, 15) is 9.90 Å². The van der Waals surface area contributed by atoms with Crippen molar-refractivity contribution in [2.75, 3.05) is 6.54 Å². The Labute approximate surface area is 131 Å². The van der Waals surface area contributed by atoms with Gasteiger partial charge in [-0.3, -0.25) is 4.79 Å². The molecular formula is C17H23N3O2. The highest BCUT2D eigenvalue weighted by Crippen LogP contribution is 2.11. The standard InChI is InChI=1S/C17H23N3O2/c1-13(2)10-14(17(21)22)11-18-12-15-8-9-20(19-15)16-6-4-3-5-7-16/h3-9,13-14,18H,10-12H2,1-2H3,(H,21,22). The lowest BCUT2D eigenvalue weighted by molar-refractivity contribution is -0.142. The first-order valence-corrected chi connectivity index (χ1v) is 7.59. The number of nitrogens with one attached hydrogen (secondary N) is 1. The van der Waals surface area contributed by atoms with Crippen LogP contribution in [0.25, 0.3) is 5.69 Å². The van der Waals surface area contributed by atoms with E-state index >= 15 is 0 Å². The van der Waals surface area contributed by atoms with E-state index in [4.69, 9.17) is 0 Å². The number of benzene rings is 1. The van der Waals surface area contributed by atoms with Crippen LogP contribution >= 0.6 is 0 Å². The van der Waals surface area contributed by atoms with E-state index in [2.05, 4.69) is 10.4 Å². The number of aliphatic carboxylic acids is 1. The molecule has 1 aromatic carbocycles. The Morgan fingerprint density at radius 1 is 1.27 bits per heavy atom. The minimum absolute atomic E-state index is 0.351. The fourth-order valence-corrected chi connectivity index (χ4v) is 2.40. The van der Waals surface area contributed by atoms with Gasteiger partial charge in [-0.15, -0.1) is 0 Å². The Bertz CT molecular complexity index is 593. The summed E-state index contributed by atoms with van der Waals surface area (Å²) >= 11 is 0. The molecule has 0 amide bonds. The fourth-order valence-electron chi connectivity index (χ4n) is 2.40. The van der Waals surface area contributed by atoms with E-state index < -0.39 is 5.97 Å². The molecule has 22 heavy (non-hydrogen) atoms. The molecule has 0 aliphatic rings.